The van der Waals surface area contributed by atoms with Crippen molar-refractivity contribution in [3.63, 3.8) is 0 Å². The van der Waals surface area contributed by atoms with E-state index in [0.29, 0.717) is 23.6 Å². The Morgan fingerprint density at radius 3 is 2.71 bits per heavy atom. The Morgan fingerprint density at radius 1 is 1.17 bits per heavy atom. The van der Waals surface area contributed by atoms with Crippen molar-refractivity contribution in [1.29, 1.82) is 0 Å². The Bertz CT molecular complexity index is 868. The average molecular weight is 324 g/mol. The highest BCUT2D eigenvalue weighted by Gasteiger charge is 2.21. The lowest BCUT2D eigenvalue weighted by molar-refractivity contribution is 0.0996. The van der Waals surface area contributed by atoms with Crippen molar-refractivity contribution in [2.24, 2.45) is 0 Å². The minimum Gasteiger partial charge on any atom is -0.451 e. The number of hydrogen-bond donors (Lipinski definition) is 2. The molecule has 3 rings (SSSR count). The van der Waals surface area contributed by atoms with Gasteiger partial charge in [0.15, 0.2) is 5.76 Å². The first-order chi connectivity index (χ1) is 11.6. The molecule has 1 heterocycles. The average Bonchev–Trinajstić information content (AvgIpc) is 2.93. The van der Waals surface area contributed by atoms with Gasteiger partial charge in [-0.25, -0.2) is 0 Å². The molecule has 0 unspecified atom stereocenters. The number of fused-ring (bicyclic) bond motifs is 1. The van der Waals surface area contributed by atoms with Crippen LogP contribution in [0.15, 0.2) is 52.9 Å². The number of carbonyl (C=O) groups is 1. The predicted octanol–water partition coefficient (Wildman–Crippen LogP) is 3.24. The van der Waals surface area contributed by atoms with Crippen LogP contribution in [0.4, 0.5) is 5.69 Å². The lowest BCUT2D eigenvalue weighted by Gasteiger charge is -2.10. The summed E-state index contributed by atoms with van der Waals surface area (Å²) >= 11 is 0. The molecule has 124 valence electrons. The van der Waals surface area contributed by atoms with Crippen LogP contribution in [-0.4, -0.2) is 30.0 Å². The Hall–Kier alpha value is -2.63. The van der Waals surface area contributed by atoms with Crippen molar-refractivity contribution in [3.05, 3.63) is 65.4 Å². The van der Waals surface area contributed by atoms with Crippen LogP contribution in [0.3, 0.4) is 0 Å². The molecule has 0 fully saturated rings. The number of hydrogen-bond acceptors (Lipinski definition) is 4. The van der Waals surface area contributed by atoms with Crippen molar-refractivity contribution in [2.75, 3.05) is 19.4 Å². The van der Waals surface area contributed by atoms with Crippen molar-refractivity contribution in [2.45, 2.75) is 13.2 Å². The number of para-hydroxylation sites is 1. The molecule has 0 bridgehead atoms. The van der Waals surface area contributed by atoms with Crippen molar-refractivity contribution in [1.82, 2.24) is 4.90 Å². The van der Waals surface area contributed by atoms with E-state index >= 15 is 0 Å². The van der Waals surface area contributed by atoms with E-state index in [2.05, 4.69) is 5.32 Å². The summed E-state index contributed by atoms with van der Waals surface area (Å²) in [6.07, 6.45) is 0. The van der Waals surface area contributed by atoms with Gasteiger partial charge in [-0.1, -0.05) is 30.3 Å². The Balaban J connectivity index is 1.96. The van der Waals surface area contributed by atoms with Gasteiger partial charge in [-0.15, -0.1) is 0 Å². The minimum atomic E-state index is -0.293. The third-order valence-corrected chi connectivity index (χ3v) is 3.75. The molecule has 0 aliphatic carbocycles. The first-order valence-electron chi connectivity index (χ1n) is 7.75. The fraction of sp³-hybridized carbons (Fsp3) is 0.211. The number of amides is 1. The lowest BCUT2D eigenvalue weighted by atomic mass is 10.1. The summed E-state index contributed by atoms with van der Waals surface area (Å²) in [4.78, 5) is 14.7. The molecule has 3 aromatic rings. The summed E-state index contributed by atoms with van der Waals surface area (Å²) in [5, 5.41) is 13.0. The monoisotopic (exact) mass is 324 g/mol. The van der Waals surface area contributed by atoms with Gasteiger partial charge in [0.2, 0.25) is 0 Å². The zero-order valence-corrected chi connectivity index (χ0v) is 13.7. The van der Waals surface area contributed by atoms with Gasteiger partial charge in [0, 0.05) is 23.2 Å². The summed E-state index contributed by atoms with van der Waals surface area (Å²) in [6, 6.07) is 14.8. The van der Waals surface area contributed by atoms with Crippen molar-refractivity contribution < 1.29 is 14.3 Å². The van der Waals surface area contributed by atoms with Gasteiger partial charge in [-0.05, 0) is 37.9 Å². The predicted molar refractivity (Wildman–Crippen MR) is 93.9 cm³/mol. The van der Waals surface area contributed by atoms with Gasteiger partial charge in [0.05, 0.1) is 6.61 Å². The molecule has 2 aromatic carbocycles. The number of nitrogens with one attached hydrogen (secondary N) is 1. The molecule has 0 radical (unpaired) electrons. The van der Waals surface area contributed by atoms with Crippen LogP contribution in [0.2, 0.25) is 0 Å². The van der Waals surface area contributed by atoms with E-state index in [9.17, 15) is 9.90 Å². The molecule has 1 amide bonds. The number of nitrogens with zero attached hydrogens (tertiary/aromatic N) is 1. The maximum Gasteiger partial charge on any atom is 0.291 e. The van der Waals surface area contributed by atoms with Crippen molar-refractivity contribution in [3.8, 4) is 0 Å². The molecule has 0 saturated carbocycles. The zero-order chi connectivity index (χ0) is 17.1. The van der Waals surface area contributed by atoms with E-state index in [0.717, 1.165) is 16.5 Å². The van der Waals surface area contributed by atoms with E-state index in [1.807, 2.05) is 43.3 Å². The summed E-state index contributed by atoms with van der Waals surface area (Å²) in [7, 11) is 3.91. The molecule has 24 heavy (non-hydrogen) atoms. The van der Waals surface area contributed by atoms with Crippen LogP contribution >= 0.6 is 0 Å². The normalized spacial score (nSPS) is 11.2. The standard InChI is InChI=1S/C19H20N2O3/c1-21(2)11-16-15-8-3-4-9-17(15)24-18(16)19(23)20-14-7-5-6-13(10-14)12-22/h3-10,22H,11-12H2,1-2H3,(H,20,23). The lowest BCUT2D eigenvalue weighted by Crippen LogP contribution is -2.17. The molecule has 1 aromatic heterocycles. The number of aliphatic hydroxyl groups is 1. The second-order valence-corrected chi connectivity index (χ2v) is 5.96. The number of aliphatic hydroxyl groups excluding tert-OH is 1. The van der Waals surface area contributed by atoms with Gasteiger partial charge in [-0.2, -0.15) is 0 Å². The van der Waals surface area contributed by atoms with E-state index < -0.39 is 0 Å². The summed E-state index contributed by atoms with van der Waals surface area (Å²) in [6.45, 7) is 0.538. The van der Waals surface area contributed by atoms with Gasteiger partial charge in [0.1, 0.15) is 5.58 Å². The van der Waals surface area contributed by atoms with Gasteiger partial charge in [0.25, 0.3) is 5.91 Å². The van der Waals surface area contributed by atoms with E-state index in [1.54, 1.807) is 24.3 Å². The van der Waals surface area contributed by atoms with E-state index in [4.69, 9.17) is 4.42 Å². The maximum atomic E-state index is 12.7. The molecular weight excluding hydrogens is 304 g/mol. The fourth-order valence-corrected chi connectivity index (χ4v) is 2.69. The highest BCUT2D eigenvalue weighted by Crippen LogP contribution is 2.27. The van der Waals surface area contributed by atoms with Crippen LogP contribution in [0.5, 0.6) is 0 Å². The fourth-order valence-electron chi connectivity index (χ4n) is 2.69. The minimum absolute atomic E-state index is 0.0692. The quantitative estimate of drug-likeness (QED) is 0.756. The topological polar surface area (TPSA) is 65.7 Å². The summed E-state index contributed by atoms with van der Waals surface area (Å²) in [5.41, 5.74) is 2.93. The van der Waals surface area contributed by atoms with Crippen LogP contribution in [0.25, 0.3) is 11.0 Å². The molecular formula is C19H20N2O3. The SMILES string of the molecule is CN(C)Cc1c(C(=O)Nc2cccc(CO)c2)oc2ccccc12. The second kappa shape index (κ2) is 6.86. The first kappa shape index (κ1) is 16.2. The van der Waals surface area contributed by atoms with Gasteiger partial charge >= 0.3 is 0 Å². The van der Waals surface area contributed by atoms with Crippen LogP contribution < -0.4 is 5.32 Å². The van der Waals surface area contributed by atoms with Crippen LogP contribution in [-0.2, 0) is 13.2 Å². The zero-order valence-electron chi connectivity index (χ0n) is 13.7. The van der Waals surface area contributed by atoms with E-state index in [-0.39, 0.29) is 12.5 Å². The maximum absolute atomic E-state index is 12.7. The Labute approximate surface area is 140 Å². The molecule has 0 aliphatic rings. The number of furan rings is 1. The molecule has 0 atom stereocenters. The van der Waals surface area contributed by atoms with Crippen LogP contribution in [0, 0.1) is 0 Å². The third-order valence-electron chi connectivity index (χ3n) is 3.75. The van der Waals surface area contributed by atoms with Crippen molar-refractivity contribution >= 4 is 22.6 Å². The van der Waals surface area contributed by atoms with Gasteiger partial charge < -0.3 is 19.7 Å². The van der Waals surface area contributed by atoms with Gasteiger partial charge in [-0.3, -0.25) is 4.79 Å². The first-order valence-corrected chi connectivity index (χ1v) is 7.75. The Morgan fingerprint density at radius 2 is 1.96 bits per heavy atom. The molecule has 0 saturated heterocycles. The molecule has 0 aliphatic heterocycles. The number of carbonyl (C=O) groups excluding carboxylic acids is 1. The largest absolute Gasteiger partial charge is 0.451 e. The Kier molecular flexibility index (Phi) is 4.64. The third kappa shape index (κ3) is 3.32. The molecule has 5 heteroatoms. The summed E-state index contributed by atoms with van der Waals surface area (Å²) in [5.74, 6) is 0.0254. The molecule has 5 nitrogen and oxygen atoms in total. The van der Waals surface area contributed by atoms with Crippen LogP contribution in [0.1, 0.15) is 21.7 Å². The van der Waals surface area contributed by atoms with E-state index in [1.165, 1.54) is 0 Å². The number of benzene rings is 2. The highest BCUT2D eigenvalue weighted by molar-refractivity contribution is 6.06. The highest BCUT2D eigenvalue weighted by atomic mass is 16.3. The second-order valence-electron chi connectivity index (χ2n) is 5.96. The summed E-state index contributed by atoms with van der Waals surface area (Å²) < 4.78 is 5.80. The smallest absolute Gasteiger partial charge is 0.291 e. The molecule has 0 spiro atoms. The number of anilines is 1. The number of rotatable bonds is 5. The molecule has 2 N–H and O–H groups in total.